The van der Waals surface area contributed by atoms with E-state index in [-0.39, 0.29) is 12.1 Å². The van der Waals surface area contributed by atoms with Crippen molar-refractivity contribution in [3.8, 4) is 11.5 Å². The number of ether oxygens (including phenoxy) is 2. The number of carbonyl (C=O) groups excluding carboxylic acids is 1. The molecule has 0 heterocycles. The number of amides is 1. The highest BCUT2D eigenvalue weighted by Gasteiger charge is 2.33. The van der Waals surface area contributed by atoms with Crippen LogP contribution < -0.4 is 14.8 Å². The molecule has 0 aliphatic carbocycles. The van der Waals surface area contributed by atoms with Gasteiger partial charge in [-0.2, -0.15) is 13.2 Å². The van der Waals surface area contributed by atoms with Crippen molar-refractivity contribution >= 4 is 23.2 Å². The lowest BCUT2D eigenvalue weighted by Crippen LogP contribution is -2.21. The van der Waals surface area contributed by atoms with Crippen molar-refractivity contribution in [2.75, 3.05) is 39.2 Å². The number of anilines is 1. The average Bonchev–Trinajstić information content (AvgIpc) is 2.64. The van der Waals surface area contributed by atoms with E-state index in [0.29, 0.717) is 36.8 Å². The predicted octanol–water partition coefficient (Wildman–Crippen LogP) is 4.88. The molecule has 5 nitrogen and oxygen atoms in total. The van der Waals surface area contributed by atoms with Crippen LogP contribution in [0.1, 0.15) is 18.1 Å². The lowest BCUT2D eigenvalue weighted by molar-refractivity contribution is -0.137. The fourth-order valence-electron chi connectivity index (χ4n) is 2.67. The van der Waals surface area contributed by atoms with E-state index in [4.69, 9.17) is 21.1 Å². The summed E-state index contributed by atoms with van der Waals surface area (Å²) in [6.45, 7) is 3.29. The van der Waals surface area contributed by atoms with Gasteiger partial charge in [-0.1, -0.05) is 17.7 Å². The van der Waals surface area contributed by atoms with E-state index in [1.165, 1.54) is 6.07 Å². The third kappa shape index (κ3) is 6.81. The van der Waals surface area contributed by atoms with Crippen LogP contribution in [0, 0.1) is 0 Å². The summed E-state index contributed by atoms with van der Waals surface area (Å²) in [4.78, 5) is 14.5. The minimum atomic E-state index is -4.62. The largest absolute Gasteiger partial charge is 0.493 e. The zero-order valence-electron chi connectivity index (χ0n) is 17.0. The molecule has 0 bridgehead atoms. The number of halogens is 4. The normalized spacial score (nSPS) is 11.5. The second-order valence-corrected chi connectivity index (χ2v) is 7.14. The Kier molecular flexibility index (Phi) is 8.37. The zero-order valence-corrected chi connectivity index (χ0v) is 17.7. The number of carbonyl (C=O) groups is 1. The van der Waals surface area contributed by atoms with Crippen LogP contribution >= 0.6 is 11.6 Å². The molecule has 2 rings (SSSR count). The molecule has 164 valence electrons. The monoisotopic (exact) mass is 444 g/mol. The summed E-state index contributed by atoms with van der Waals surface area (Å²) in [6, 6.07) is 8.43. The maximum Gasteiger partial charge on any atom is 0.417 e. The topological polar surface area (TPSA) is 50.8 Å². The van der Waals surface area contributed by atoms with Gasteiger partial charge in [0.05, 0.1) is 23.6 Å². The van der Waals surface area contributed by atoms with Crippen molar-refractivity contribution in [1.29, 1.82) is 0 Å². The fraction of sp³-hybridized carbons (Fsp3) is 0.381. The maximum absolute atomic E-state index is 13.0. The molecule has 0 aromatic heterocycles. The first-order chi connectivity index (χ1) is 14.1. The van der Waals surface area contributed by atoms with Crippen LogP contribution in [0.4, 0.5) is 18.9 Å². The molecule has 0 atom stereocenters. The van der Waals surface area contributed by atoms with Crippen molar-refractivity contribution < 1.29 is 27.4 Å². The van der Waals surface area contributed by atoms with E-state index >= 15 is 0 Å². The molecule has 0 aliphatic rings. The Morgan fingerprint density at radius 3 is 2.40 bits per heavy atom. The van der Waals surface area contributed by atoms with Crippen LogP contribution in [-0.4, -0.2) is 44.7 Å². The van der Waals surface area contributed by atoms with Crippen LogP contribution in [0.15, 0.2) is 36.4 Å². The van der Waals surface area contributed by atoms with Gasteiger partial charge in [0.25, 0.3) is 0 Å². The third-order valence-corrected chi connectivity index (χ3v) is 4.41. The predicted molar refractivity (Wildman–Crippen MR) is 110 cm³/mol. The Labute approximate surface area is 178 Å². The number of benzene rings is 2. The Morgan fingerprint density at radius 1 is 1.13 bits per heavy atom. The second-order valence-electron chi connectivity index (χ2n) is 6.73. The smallest absolute Gasteiger partial charge is 0.417 e. The molecule has 30 heavy (non-hydrogen) atoms. The standard InChI is InChI=1S/C21H24ClF3N2O3/c1-4-29-18-6-5-7-19(30-11-10-27(2)3)15(18)13-20(28)26-14-8-9-17(22)16(12-14)21(23,24)25/h5-9,12H,4,10-11,13H2,1-3H3,(H,26,28). The van der Waals surface area contributed by atoms with Crippen molar-refractivity contribution in [1.82, 2.24) is 4.90 Å². The lowest BCUT2D eigenvalue weighted by Gasteiger charge is -2.17. The van der Waals surface area contributed by atoms with Gasteiger partial charge in [-0.3, -0.25) is 4.79 Å². The minimum absolute atomic E-state index is 0.000641. The first-order valence-corrected chi connectivity index (χ1v) is 9.68. The number of nitrogens with one attached hydrogen (secondary N) is 1. The van der Waals surface area contributed by atoms with Crippen molar-refractivity contribution in [2.45, 2.75) is 19.5 Å². The summed E-state index contributed by atoms with van der Waals surface area (Å²) in [5.41, 5.74) is -0.481. The number of rotatable bonds is 9. The van der Waals surface area contributed by atoms with Gasteiger partial charge < -0.3 is 19.7 Å². The molecule has 1 amide bonds. The van der Waals surface area contributed by atoms with Crippen LogP contribution in [0.5, 0.6) is 11.5 Å². The molecule has 0 saturated carbocycles. The molecular formula is C21H24ClF3N2O3. The first kappa shape index (κ1) is 23.8. The summed E-state index contributed by atoms with van der Waals surface area (Å²) >= 11 is 5.62. The van der Waals surface area contributed by atoms with Gasteiger partial charge in [0.15, 0.2) is 0 Å². The molecule has 1 N–H and O–H groups in total. The van der Waals surface area contributed by atoms with E-state index < -0.39 is 22.7 Å². The Hall–Kier alpha value is -2.45. The molecule has 0 saturated heterocycles. The Bertz CT molecular complexity index is 873. The SMILES string of the molecule is CCOc1cccc(OCCN(C)C)c1CC(=O)Nc1ccc(Cl)c(C(F)(F)F)c1. The van der Waals surface area contributed by atoms with Gasteiger partial charge >= 0.3 is 6.18 Å². The summed E-state index contributed by atoms with van der Waals surface area (Å²) < 4.78 is 50.5. The van der Waals surface area contributed by atoms with Gasteiger partial charge in [-0.05, 0) is 51.4 Å². The van der Waals surface area contributed by atoms with E-state index in [2.05, 4.69) is 5.32 Å². The zero-order chi connectivity index (χ0) is 22.3. The summed E-state index contributed by atoms with van der Waals surface area (Å²) in [7, 11) is 3.82. The van der Waals surface area contributed by atoms with Gasteiger partial charge in [-0.25, -0.2) is 0 Å². The molecular weight excluding hydrogens is 421 g/mol. The molecule has 0 aliphatic heterocycles. The molecule has 0 radical (unpaired) electrons. The molecule has 9 heteroatoms. The van der Waals surface area contributed by atoms with Crippen LogP contribution in [0.3, 0.4) is 0 Å². The van der Waals surface area contributed by atoms with Gasteiger partial charge in [0, 0.05) is 17.8 Å². The lowest BCUT2D eigenvalue weighted by atomic mass is 10.1. The quantitative estimate of drug-likeness (QED) is 0.599. The molecule has 0 fully saturated rings. The number of nitrogens with zero attached hydrogens (tertiary/aromatic N) is 1. The van der Waals surface area contributed by atoms with Gasteiger partial charge in [-0.15, -0.1) is 0 Å². The highest BCUT2D eigenvalue weighted by atomic mass is 35.5. The summed E-state index contributed by atoms with van der Waals surface area (Å²) in [5, 5.41) is 2.05. The van der Waals surface area contributed by atoms with Gasteiger partial charge in [0.2, 0.25) is 5.91 Å². The molecule has 0 spiro atoms. The maximum atomic E-state index is 13.0. The van der Waals surface area contributed by atoms with Crippen molar-refractivity contribution in [2.24, 2.45) is 0 Å². The molecule has 2 aromatic rings. The highest BCUT2D eigenvalue weighted by molar-refractivity contribution is 6.31. The third-order valence-electron chi connectivity index (χ3n) is 4.08. The fourth-order valence-corrected chi connectivity index (χ4v) is 2.89. The average molecular weight is 445 g/mol. The number of likely N-dealkylation sites (N-methyl/N-ethyl adjacent to an activating group) is 1. The van der Waals surface area contributed by atoms with Crippen LogP contribution in [0.2, 0.25) is 5.02 Å². The summed E-state index contributed by atoms with van der Waals surface area (Å²) in [5.74, 6) is 0.474. The first-order valence-electron chi connectivity index (χ1n) is 9.30. The van der Waals surface area contributed by atoms with E-state index in [9.17, 15) is 18.0 Å². The van der Waals surface area contributed by atoms with Gasteiger partial charge in [0.1, 0.15) is 18.1 Å². The van der Waals surface area contributed by atoms with Crippen molar-refractivity contribution in [3.05, 3.63) is 52.5 Å². The minimum Gasteiger partial charge on any atom is -0.493 e. The van der Waals surface area contributed by atoms with E-state index in [1.807, 2.05) is 25.9 Å². The number of hydrogen-bond acceptors (Lipinski definition) is 4. The van der Waals surface area contributed by atoms with Crippen LogP contribution in [-0.2, 0) is 17.4 Å². The molecule has 2 aromatic carbocycles. The van der Waals surface area contributed by atoms with E-state index in [1.54, 1.807) is 18.2 Å². The second kappa shape index (κ2) is 10.5. The summed E-state index contributed by atoms with van der Waals surface area (Å²) in [6.07, 6.45) is -4.75. The van der Waals surface area contributed by atoms with Crippen LogP contribution in [0.25, 0.3) is 0 Å². The number of alkyl halides is 3. The Morgan fingerprint density at radius 2 is 1.80 bits per heavy atom. The van der Waals surface area contributed by atoms with Crippen molar-refractivity contribution in [3.63, 3.8) is 0 Å². The molecule has 0 unspecified atom stereocenters. The number of hydrogen-bond donors (Lipinski definition) is 1. The Balaban J connectivity index is 2.21. The highest BCUT2D eigenvalue weighted by Crippen LogP contribution is 2.36. The van der Waals surface area contributed by atoms with E-state index in [0.717, 1.165) is 12.1 Å².